The zero-order chi connectivity index (χ0) is 24.1. The van der Waals surface area contributed by atoms with Gasteiger partial charge in [-0.3, -0.25) is 20.5 Å². The lowest BCUT2D eigenvalue weighted by molar-refractivity contribution is 0.0953. The van der Waals surface area contributed by atoms with Gasteiger partial charge in [0.05, 0.1) is 16.8 Å². The number of carbonyl (C=O) groups excluding carboxylic acids is 2. The zero-order valence-electron chi connectivity index (χ0n) is 17.9. The monoisotopic (exact) mass is 478 g/mol. The van der Waals surface area contributed by atoms with Gasteiger partial charge in [0, 0.05) is 53.4 Å². The molecule has 0 aromatic carbocycles. The number of hydrogen-bond donors (Lipinski definition) is 4. The van der Waals surface area contributed by atoms with Crippen LogP contribution in [0.5, 0.6) is 0 Å². The minimum atomic E-state index is -0.627. The molecule has 0 bridgehead atoms. The Labute approximate surface area is 197 Å². The highest BCUT2D eigenvalue weighted by atomic mass is 32.1. The maximum absolute atomic E-state index is 14.2. The predicted molar refractivity (Wildman–Crippen MR) is 126 cm³/mol. The number of nitrogens with one attached hydrogen (secondary N) is 3. The number of nitrogens with zero attached hydrogens (tertiary/aromatic N) is 4. The van der Waals surface area contributed by atoms with Crippen LogP contribution in [0, 0.1) is 5.95 Å². The quantitative estimate of drug-likeness (QED) is 0.144. The van der Waals surface area contributed by atoms with Crippen molar-refractivity contribution < 1.29 is 14.0 Å². The number of urea groups is 1. The molecule has 4 rings (SSSR count). The van der Waals surface area contributed by atoms with Gasteiger partial charge in [0.2, 0.25) is 5.95 Å². The van der Waals surface area contributed by atoms with Gasteiger partial charge in [0.15, 0.2) is 0 Å². The summed E-state index contributed by atoms with van der Waals surface area (Å²) in [6, 6.07) is 6.08. The van der Waals surface area contributed by atoms with Crippen LogP contribution in [0.2, 0.25) is 0 Å². The van der Waals surface area contributed by atoms with Crippen LogP contribution in [-0.4, -0.2) is 38.4 Å². The van der Waals surface area contributed by atoms with E-state index < -0.39 is 17.9 Å². The van der Waals surface area contributed by atoms with Gasteiger partial charge in [0.25, 0.3) is 5.91 Å². The normalized spacial score (nSPS) is 10.6. The molecule has 4 heterocycles. The average Bonchev–Trinajstić information content (AvgIpc) is 3.34. The molecule has 4 aromatic rings. The Hall–Kier alpha value is -4.29. The van der Waals surface area contributed by atoms with E-state index in [-0.39, 0.29) is 16.9 Å². The lowest BCUT2D eigenvalue weighted by Crippen LogP contribution is -2.30. The van der Waals surface area contributed by atoms with Crippen molar-refractivity contribution in [2.24, 2.45) is 5.84 Å². The van der Waals surface area contributed by atoms with Crippen LogP contribution in [0.1, 0.15) is 17.3 Å². The molecule has 0 aliphatic heterocycles. The molecule has 12 heteroatoms. The molecular formula is C22H19FN8O2S. The molecule has 4 aromatic heterocycles. The first-order valence-corrected chi connectivity index (χ1v) is 11.0. The molecule has 0 radical (unpaired) electrons. The van der Waals surface area contributed by atoms with Crippen molar-refractivity contribution >= 4 is 29.1 Å². The van der Waals surface area contributed by atoms with E-state index in [9.17, 15) is 14.0 Å². The lowest BCUT2D eigenvalue weighted by Gasteiger charge is -2.11. The number of thiazole rings is 1. The molecule has 172 valence electrons. The van der Waals surface area contributed by atoms with Gasteiger partial charge in [-0.25, -0.2) is 25.6 Å². The van der Waals surface area contributed by atoms with E-state index in [1.807, 2.05) is 0 Å². The number of pyridine rings is 3. The fourth-order valence-corrected chi connectivity index (χ4v) is 3.99. The second-order valence-corrected chi connectivity index (χ2v) is 7.77. The highest BCUT2D eigenvalue weighted by Gasteiger charge is 2.17. The highest BCUT2D eigenvalue weighted by molar-refractivity contribution is 7.13. The van der Waals surface area contributed by atoms with E-state index in [1.165, 1.54) is 23.7 Å². The minimum Gasteiger partial charge on any atom is -0.338 e. The number of halogens is 1. The summed E-state index contributed by atoms with van der Waals surface area (Å²) in [5.74, 6) is 4.41. The molecular weight excluding hydrogens is 459 g/mol. The third-order valence-electron chi connectivity index (χ3n) is 4.70. The van der Waals surface area contributed by atoms with Crippen LogP contribution in [0.4, 0.5) is 15.0 Å². The van der Waals surface area contributed by atoms with Crippen molar-refractivity contribution in [2.75, 3.05) is 11.9 Å². The summed E-state index contributed by atoms with van der Waals surface area (Å²) >= 11 is 1.29. The molecule has 0 unspecified atom stereocenters. The van der Waals surface area contributed by atoms with Crippen molar-refractivity contribution in [3.8, 4) is 33.0 Å². The molecule has 5 N–H and O–H groups in total. The molecule has 0 saturated carbocycles. The third-order valence-corrected chi connectivity index (χ3v) is 5.57. The Morgan fingerprint density at radius 3 is 2.74 bits per heavy atom. The van der Waals surface area contributed by atoms with Gasteiger partial charge in [-0.1, -0.05) is 0 Å². The number of nitrogens with two attached hydrogens (primary N) is 1. The van der Waals surface area contributed by atoms with Crippen molar-refractivity contribution in [1.82, 2.24) is 30.7 Å². The standard InChI is InChI=1S/C22H19FN8O2S/c1-2-26-22(33)30-18-7-15(21-29-17(11-34-21)14-4-3-5-27-19(14)23)16(10-28-18)12-6-13(9-25-8-12)20(32)31-24/h3-11H,2,24H2,1H3,(H,31,32)(H2,26,28,30,33). The Morgan fingerprint density at radius 1 is 1.12 bits per heavy atom. The van der Waals surface area contributed by atoms with Gasteiger partial charge < -0.3 is 5.32 Å². The van der Waals surface area contributed by atoms with Crippen molar-refractivity contribution in [1.29, 1.82) is 0 Å². The van der Waals surface area contributed by atoms with E-state index in [0.717, 1.165) is 0 Å². The topological polar surface area (TPSA) is 148 Å². The molecule has 10 nitrogen and oxygen atoms in total. The molecule has 0 atom stereocenters. The number of amides is 3. The van der Waals surface area contributed by atoms with Crippen molar-refractivity contribution in [3.05, 3.63) is 65.9 Å². The van der Waals surface area contributed by atoms with Crippen LogP contribution in [0.25, 0.3) is 33.0 Å². The van der Waals surface area contributed by atoms with Crippen molar-refractivity contribution in [2.45, 2.75) is 6.92 Å². The maximum Gasteiger partial charge on any atom is 0.320 e. The van der Waals surface area contributed by atoms with Gasteiger partial charge in [-0.15, -0.1) is 11.3 Å². The number of nitrogen functional groups attached to an aromatic ring is 1. The molecule has 0 aliphatic carbocycles. The Balaban J connectivity index is 1.81. The summed E-state index contributed by atoms with van der Waals surface area (Å²) in [5, 5.41) is 7.57. The van der Waals surface area contributed by atoms with Crippen LogP contribution >= 0.6 is 11.3 Å². The SMILES string of the molecule is CCNC(=O)Nc1cc(-c2nc(-c3cccnc3F)cs2)c(-c2cncc(C(=O)NN)c2)cn1. The molecule has 0 spiro atoms. The van der Waals surface area contributed by atoms with Crippen LogP contribution in [-0.2, 0) is 0 Å². The smallest absolute Gasteiger partial charge is 0.320 e. The van der Waals surface area contributed by atoms with Crippen molar-refractivity contribution in [3.63, 3.8) is 0 Å². The number of aromatic nitrogens is 4. The van der Waals surface area contributed by atoms with Gasteiger partial charge in [0.1, 0.15) is 10.8 Å². The maximum atomic E-state index is 14.2. The molecule has 0 saturated heterocycles. The second-order valence-electron chi connectivity index (χ2n) is 6.92. The summed E-state index contributed by atoms with van der Waals surface area (Å²) in [5.41, 5.74) is 4.81. The van der Waals surface area contributed by atoms with Crippen LogP contribution in [0.3, 0.4) is 0 Å². The summed E-state index contributed by atoms with van der Waals surface area (Å²) < 4.78 is 14.2. The number of anilines is 1. The zero-order valence-corrected chi connectivity index (χ0v) is 18.7. The number of hydrazine groups is 1. The Morgan fingerprint density at radius 2 is 1.97 bits per heavy atom. The first-order chi connectivity index (χ1) is 16.5. The van der Waals surface area contributed by atoms with E-state index in [0.29, 0.717) is 33.9 Å². The first-order valence-electron chi connectivity index (χ1n) is 10.1. The summed E-state index contributed by atoms with van der Waals surface area (Å²) in [7, 11) is 0. The number of rotatable bonds is 6. The fourth-order valence-electron chi connectivity index (χ4n) is 3.14. The van der Waals surface area contributed by atoms with Crippen LogP contribution < -0.4 is 21.9 Å². The number of carbonyl (C=O) groups is 2. The molecule has 0 aliphatic rings. The van der Waals surface area contributed by atoms with E-state index in [4.69, 9.17) is 5.84 Å². The third kappa shape index (κ3) is 4.87. The first kappa shape index (κ1) is 22.9. The largest absolute Gasteiger partial charge is 0.338 e. The molecule has 34 heavy (non-hydrogen) atoms. The summed E-state index contributed by atoms with van der Waals surface area (Å²) in [4.78, 5) is 40.7. The van der Waals surface area contributed by atoms with Gasteiger partial charge >= 0.3 is 6.03 Å². The molecule has 3 amide bonds. The Kier molecular flexibility index (Phi) is 6.80. The fraction of sp³-hybridized carbons (Fsp3) is 0.0909. The van der Waals surface area contributed by atoms with E-state index in [1.54, 1.807) is 49.0 Å². The Bertz CT molecular complexity index is 1360. The van der Waals surface area contributed by atoms with Crippen LogP contribution in [0.15, 0.2) is 54.4 Å². The van der Waals surface area contributed by atoms with E-state index in [2.05, 4.69) is 36.0 Å². The van der Waals surface area contributed by atoms with Gasteiger partial charge in [-0.05, 0) is 31.2 Å². The average molecular weight is 479 g/mol. The van der Waals surface area contributed by atoms with E-state index >= 15 is 0 Å². The highest BCUT2D eigenvalue weighted by Crippen LogP contribution is 2.37. The lowest BCUT2D eigenvalue weighted by atomic mass is 10.0. The summed E-state index contributed by atoms with van der Waals surface area (Å²) in [6.45, 7) is 2.25. The molecule has 0 fully saturated rings. The summed E-state index contributed by atoms with van der Waals surface area (Å²) in [6.07, 6.45) is 5.87. The second kappa shape index (κ2) is 10.1. The number of hydrogen-bond acceptors (Lipinski definition) is 8. The predicted octanol–water partition coefficient (Wildman–Crippen LogP) is 3.21. The minimum absolute atomic E-state index is 0.257. The van der Waals surface area contributed by atoms with Gasteiger partial charge in [-0.2, -0.15) is 4.39 Å².